The van der Waals surface area contributed by atoms with Gasteiger partial charge in [-0.15, -0.1) is 5.10 Å². The highest BCUT2D eigenvalue weighted by atomic mass is 32.1. The number of allylic oxidation sites excluding steroid dienone is 1. The lowest BCUT2D eigenvalue weighted by molar-refractivity contribution is 0.107. The molecule has 1 unspecified atom stereocenters. The standard InChI is InChI=1S/C24H28N8O4S/c25-23-27-21-19(22-26-20(28-32(22)23)18-2-1-14-36-18)37-24(34)31(21)12-9-29-7-10-30(11-8-29)16-3-5-17(6-4-16)35-15-13-33/h1-3,5-6,14,16,33H,4,7-13,15H2,(H2,25,27). The predicted octanol–water partition coefficient (Wildman–Crippen LogP) is 1.18. The first-order valence-corrected chi connectivity index (χ1v) is 13.1. The van der Waals surface area contributed by atoms with Gasteiger partial charge in [-0.05, 0) is 30.7 Å². The van der Waals surface area contributed by atoms with Gasteiger partial charge in [-0.2, -0.15) is 9.50 Å². The van der Waals surface area contributed by atoms with Crippen LogP contribution in [0.2, 0.25) is 0 Å². The molecule has 6 rings (SSSR count). The second kappa shape index (κ2) is 10.1. The molecule has 1 aliphatic heterocycles. The molecule has 4 aromatic heterocycles. The van der Waals surface area contributed by atoms with E-state index in [1.807, 2.05) is 6.08 Å². The van der Waals surface area contributed by atoms with E-state index in [1.54, 1.807) is 23.0 Å². The fourth-order valence-electron chi connectivity index (χ4n) is 4.83. The number of nitrogen functional groups attached to an aromatic ring is 1. The molecule has 0 saturated carbocycles. The number of nitrogens with two attached hydrogens (primary N) is 1. The molecule has 4 aromatic rings. The quantitative estimate of drug-likeness (QED) is 0.345. The number of thiazole rings is 1. The minimum Gasteiger partial charge on any atom is -0.492 e. The van der Waals surface area contributed by atoms with E-state index >= 15 is 0 Å². The van der Waals surface area contributed by atoms with Crippen LogP contribution in [0.3, 0.4) is 0 Å². The number of ether oxygens (including phenoxy) is 1. The first kappa shape index (κ1) is 23.9. The molecule has 0 aromatic carbocycles. The number of aliphatic hydroxyl groups excluding tert-OH is 1. The maximum Gasteiger partial charge on any atom is 0.309 e. The second-order valence-electron chi connectivity index (χ2n) is 9.01. The van der Waals surface area contributed by atoms with E-state index in [2.05, 4.69) is 37.0 Å². The van der Waals surface area contributed by atoms with E-state index in [1.165, 1.54) is 4.52 Å². The summed E-state index contributed by atoms with van der Waals surface area (Å²) in [6, 6.07) is 3.90. The summed E-state index contributed by atoms with van der Waals surface area (Å²) in [5.74, 6) is 1.92. The number of nitrogens with zero attached hydrogens (tertiary/aromatic N) is 7. The van der Waals surface area contributed by atoms with Crippen LogP contribution in [0.5, 0.6) is 0 Å². The molecule has 37 heavy (non-hydrogen) atoms. The summed E-state index contributed by atoms with van der Waals surface area (Å²) in [6.07, 6.45) is 8.72. The molecular weight excluding hydrogens is 496 g/mol. The molecule has 0 bridgehead atoms. The number of aromatic nitrogens is 5. The van der Waals surface area contributed by atoms with E-state index in [9.17, 15) is 4.79 Å². The zero-order chi connectivity index (χ0) is 25.4. The van der Waals surface area contributed by atoms with Crippen molar-refractivity contribution in [3.63, 3.8) is 0 Å². The number of furan rings is 1. The van der Waals surface area contributed by atoms with Crippen molar-refractivity contribution in [2.75, 3.05) is 51.7 Å². The van der Waals surface area contributed by atoms with Crippen LogP contribution in [0.15, 0.2) is 51.6 Å². The minimum atomic E-state index is -0.0884. The smallest absolute Gasteiger partial charge is 0.309 e. The third kappa shape index (κ3) is 4.66. The summed E-state index contributed by atoms with van der Waals surface area (Å²) in [5, 5.41) is 13.3. The molecule has 1 saturated heterocycles. The highest BCUT2D eigenvalue weighted by molar-refractivity contribution is 7.17. The van der Waals surface area contributed by atoms with Crippen molar-refractivity contribution >= 4 is 33.3 Å². The van der Waals surface area contributed by atoms with Gasteiger partial charge < -0.3 is 20.0 Å². The van der Waals surface area contributed by atoms with Gasteiger partial charge in [0.1, 0.15) is 17.1 Å². The van der Waals surface area contributed by atoms with Gasteiger partial charge in [-0.3, -0.25) is 19.2 Å². The SMILES string of the molecule is Nc1nc2c(sc(=O)n2CCN2CCN(C3C=CC(OCCO)=CC3)CC2)c2nc(-c3ccco3)nn12. The van der Waals surface area contributed by atoms with Crippen LogP contribution in [-0.4, -0.2) is 91.0 Å². The van der Waals surface area contributed by atoms with Crippen LogP contribution >= 0.6 is 11.3 Å². The van der Waals surface area contributed by atoms with Crippen molar-refractivity contribution < 1.29 is 14.3 Å². The summed E-state index contributed by atoms with van der Waals surface area (Å²) in [7, 11) is 0. The normalized spacial score (nSPS) is 19.2. The average molecular weight is 525 g/mol. The molecule has 194 valence electrons. The number of anilines is 1. The fraction of sp³-hybridized carbons (Fsp3) is 0.417. The minimum absolute atomic E-state index is 0.0188. The summed E-state index contributed by atoms with van der Waals surface area (Å²) < 4.78 is 14.7. The van der Waals surface area contributed by atoms with E-state index in [4.69, 9.17) is 20.0 Å². The predicted molar refractivity (Wildman–Crippen MR) is 139 cm³/mol. The van der Waals surface area contributed by atoms with Crippen molar-refractivity contribution in [1.29, 1.82) is 0 Å². The van der Waals surface area contributed by atoms with Gasteiger partial charge in [0.25, 0.3) is 0 Å². The Bertz CT molecular complexity index is 1510. The van der Waals surface area contributed by atoms with E-state index in [0.29, 0.717) is 46.8 Å². The van der Waals surface area contributed by atoms with Crippen molar-refractivity contribution in [1.82, 2.24) is 33.9 Å². The average Bonchev–Trinajstić information content (AvgIpc) is 3.66. The Morgan fingerprint density at radius 3 is 2.78 bits per heavy atom. The van der Waals surface area contributed by atoms with Gasteiger partial charge in [-0.25, -0.2) is 4.98 Å². The van der Waals surface area contributed by atoms with E-state index in [0.717, 1.165) is 56.2 Å². The summed E-state index contributed by atoms with van der Waals surface area (Å²) in [6.45, 7) is 5.37. The van der Waals surface area contributed by atoms with Gasteiger partial charge in [0.15, 0.2) is 17.1 Å². The Hall–Kier alpha value is -3.52. The molecule has 0 radical (unpaired) electrons. The molecule has 12 nitrogen and oxygen atoms in total. The third-order valence-corrected chi connectivity index (χ3v) is 7.74. The summed E-state index contributed by atoms with van der Waals surface area (Å²) in [4.78, 5) is 26.7. The van der Waals surface area contributed by atoms with Crippen molar-refractivity contribution in [3.05, 3.63) is 52.1 Å². The molecule has 2 aliphatic rings. The van der Waals surface area contributed by atoms with Crippen LogP contribution < -0.4 is 10.6 Å². The lowest BCUT2D eigenvalue weighted by Gasteiger charge is -2.38. The van der Waals surface area contributed by atoms with Crippen LogP contribution in [0.25, 0.3) is 27.6 Å². The van der Waals surface area contributed by atoms with E-state index < -0.39 is 0 Å². The number of rotatable bonds is 8. The van der Waals surface area contributed by atoms with Gasteiger partial charge >= 0.3 is 4.87 Å². The largest absolute Gasteiger partial charge is 0.492 e. The maximum atomic E-state index is 12.9. The molecule has 13 heteroatoms. The van der Waals surface area contributed by atoms with Gasteiger partial charge in [-0.1, -0.05) is 17.4 Å². The molecule has 1 fully saturated rings. The molecular formula is C24H28N8O4S. The fourth-order valence-corrected chi connectivity index (χ4v) is 5.76. The van der Waals surface area contributed by atoms with Crippen LogP contribution in [0, 0.1) is 0 Å². The molecule has 0 amide bonds. The maximum absolute atomic E-state index is 12.9. The number of fused-ring (bicyclic) bond motifs is 3. The van der Waals surface area contributed by atoms with Crippen LogP contribution in [0.4, 0.5) is 5.95 Å². The Morgan fingerprint density at radius 1 is 1.19 bits per heavy atom. The summed E-state index contributed by atoms with van der Waals surface area (Å²) >= 11 is 1.11. The monoisotopic (exact) mass is 524 g/mol. The first-order chi connectivity index (χ1) is 18.1. The lowest BCUT2D eigenvalue weighted by Crippen LogP contribution is -2.50. The molecule has 1 atom stereocenters. The van der Waals surface area contributed by atoms with Gasteiger partial charge in [0.05, 0.1) is 12.9 Å². The Labute approximate surface area is 215 Å². The number of hydrogen-bond donors (Lipinski definition) is 2. The highest BCUT2D eigenvalue weighted by Crippen LogP contribution is 2.25. The Balaban J connectivity index is 1.11. The van der Waals surface area contributed by atoms with Gasteiger partial charge in [0.2, 0.25) is 11.8 Å². The molecule has 5 heterocycles. The summed E-state index contributed by atoms with van der Waals surface area (Å²) in [5.41, 5.74) is 7.23. The van der Waals surface area contributed by atoms with E-state index in [-0.39, 0.29) is 17.4 Å². The van der Waals surface area contributed by atoms with Crippen molar-refractivity contribution in [3.8, 4) is 11.6 Å². The zero-order valence-electron chi connectivity index (χ0n) is 20.2. The van der Waals surface area contributed by atoms with Crippen LogP contribution in [-0.2, 0) is 11.3 Å². The second-order valence-corrected chi connectivity index (χ2v) is 9.97. The lowest BCUT2D eigenvalue weighted by atomic mass is 10.1. The topological polar surface area (TPSA) is 140 Å². The van der Waals surface area contributed by atoms with Crippen LogP contribution in [0.1, 0.15) is 6.42 Å². The highest BCUT2D eigenvalue weighted by Gasteiger charge is 2.24. The molecule has 3 N–H and O–H groups in total. The number of aliphatic hydroxyl groups is 1. The number of piperazine rings is 1. The zero-order valence-corrected chi connectivity index (χ0v) is 21.0. The van der Waals surface area contributed by atoms with Crippen molar-refractivity contribution in [2.45, 2.75) is 19.0 Å². The molecule has 1 aliphatic carbocycles. The Kier molecular flexibility index (Phi) is 6.50. The van der Waals surface area contributed by atoms with Crippen molar-refractivity contribution in [2.24, 2.45) is 0 Å². The molecule has 0 spiro atoms. The first-order valence-electron chi connectivity index (χ1n) is 12.3. The third-order valence-electron chi connectivity index (χ3n) is 6.78. The number of hydrogen-bond acceptors (Lipinski definition) is 11. The van der Waals surface area contributed by atoms with Gasteiger partial charge in [0, 0.05) is 45.3 Å². The Morgan fingerprint density at radius 2 is 2.05 bits per heavy atom.